The number of piperidine rings is 1. The third-order valence-electron chi connectivity index (χ3n) is 6.68. The molecule has 0 saturated carbocycles. The molecule has 2 aromatic rings. The molecule has 30 heavy (non-hydrogen) atoms. The molecule has 6 heteroatoms. The van der Waals surface area contributed by atoms with Crippen molar-refractivity contribution < 1.29 is 9.59 Å². The van der Waals surface area contributed by atoms with Gasteiger partial charge < -0.3 is 9.80 Å². The Morgan fingerprint density at radius 1 is 1.03 bits per heavy atom. The normalized spacial score (nSPS) is 21.3. The van der Waals surface area contributed by atoms with E-state index in [0.717, 1.165) is 67.5 Å². The number of hydrogen-bond donors (Lipinski definition) is 0. The van der Waals surface area contributed by atoms with E-state index >= 15 is 0 Å². The summed E-state index contributed by atoms with van der Waals surface area (Å²) < 4.78 is 0. The maximum Gasteiger partial charge on any atom is 0.256 e. The van der Waals surface area contributed by atoms with Crippen molar-refractivity contribution in [3.63, 3.8) is 0 Å². The highest BCUT2D eigenvalue weighted by Crippen LogP contribution is 2.38. The van der Waals surface area contributed by atoms with E-state index in [1.165, 1.54) is 11.1 Å². The average molecular weight is 422 g/mol. The quantitative estimate of drug-likeness (QED) is 0.760. The lowest BCUT2D eigenvalue weighted by Gasteiger charge is -2.38. The monoisotopic (exact) mass is 421 g/mol. The first-order chi connectivity index (χ1) is 14.6. The van der Waals surface area contributed by atoms with Crippen LogP contribution in [0.1, 0.15) is 57.6 Å². The molecular formula is C24H27N3O2S. The minimum Gasteiger partial charge on any atom is -0.342 e. The predicted octanol–water partition coefficient (Wildman–Crippen LogP) is 3.58. The van der Waals surface area contributed by atoms with Crippen molar-refractivity contribution in [1.82, 2.24) is 14.8 Å². The summed E-state index contributed by atoms with van der Waals surface area (Å²) >= 11 is 1.80. The molecule has 0 radical (unpaired) electrons. The van der Waals surface area contributed by atoms with Crippen LogP contribution < -0.4 is 0 Å². The number of nitrogens with zero attached hydrogens (tertiary/aromatic N) is 3. The van der Waals surface area contributed by atoms with Crippen molar-refractivity contribution in [1.29, 1.82) is 0 Å². The first kappa shape index (κ1) is 19.6. The number of pyridine rings is 1. The average Bonchev–Trinajstić information content (AvgIpc) is 3.29. The van der Waals surface area contributed by atoms with E-state index in [-0.39, 0.29) is 23.7 Å². The van der Waals surface area contributed by atoms with Gasteiger partial charge >= 0.3 is 0 Å². The van der Waals surface area contributed by atoms with Gasteiger partial charge in [-0.3, -0.25) is 14.6 Å². The molecule has 0 spiro atoms. The lowest BCUT2D eigenvalue weighted by molar-refractivity contribution is -0.134. The second-order valence-corrected chi connectivity index (χ2v) is 9.62. The van der Waals surface area contributed by atoms with Gasteiger partial charge in [0, 0.05) is 37.0 Å². The number of carbonyl (C=O) groups excluding carboxylic acids is 2. The summed E-state index contributed by atoms with van der Waals surface area (Å²) in [5.41, 5.74) is 5.12. The van der Waals surface area contributed by atoms with Crippen molar-refractivity contribution in [2.75, 3.05) is 31.3 Å². The predicted molar refractivity (Wildman–Crippen MR) is 119 cm³/mol. The molecule has 3 heterocycles. The Hall–Kier alpha value is -2.34. The first-order valence-corrected chi connectivity index (χ1v) is 12.0. The van der Waals surface area contributed by atoms with Crippen LogP contribution in [-0.4, -0.2) is 57.9 Å². The highest BCUT2D eigenvalue weighted by Gasteiger charge is 2.37. The number of fused-ring (bicyclic) bond motifs is 1. The molecule has 0 N–H and O–H groups in total. The largest absolute Gasteiger partial charge is 0.342 e. The van der Waals surface area contributed by atoms with Gasteiger partial charge in [0.1, 0.15) is 0 Å². The Morgan fingerprint density at radius 2 is 1.83 bits per heavy atom. The van der Waals surface area contributed by atoms with E-state index in [9.17, 15) is 9.59 Å². The molecular weight excluding hydrogens is 394 g/mol. The van der Waals surface area contributed by atoms with Crippen molar-refractivity contribution >= 4 is 23.6 Å². The van der Waals surface area contributed by atoms with Crippen molar-refractivity contribution in [3.8, 4) is 0 Å². The zero-order chi connectivity index (χ0) is 20.7. The Morgan fingerprint density at radius 3 is 2.57 bits per heavy atom. The minimum absolute atomic E-state index is 0.0275. The lowest BCUT2D eigenvalue weighted by atomic mass is 9.76. The number of aromatic nitrogens is 1. The maximum absolute atomic E-state index is 13.1. The number of likely N-dealkylation sites (tertiary alicyclic amines) is 1. The Bertz CT molecular complexity index is 978. The number of amides is 2. The molecule has 5 rings (SSSR count). The van der Waals surface area contributed by atoms with Crippen LogP contribution in [0.5, 0.6) is 0 Å². The summed E-state index contributed by atoms with van der Waals surface area (Å²) in [6.45, 7) is 4.28. The first-order valence-electron chi connectivity index (χ1n) is 10.8. The van der Waals surface area contributed by atoms with E-state index in [1.807, 2.05) is 41.0 Å². The Labute approximate surface area is 181 Å². The number of benzene rings is 1. The van der Waals surface area contributed by atoms with Crippen LogP contribution in [-0.2, 0) is 11.2 Å². The summed E-state index contributed by atoms with van der Waals surface area (Å²) in [5, 5.41) is 0. The Balaban J connectivity index is 1.28. The van der Waals surface area contributed by atoms with E-state index in [2.05, 4.69) is 12.1 Å². The molecule has 156 valence electrons. The highest BCUT2D eigenvalue weighted by molar-refractivity contribution is 7.99. The van der Waals surface area contributed by atoms with Crippen molar-refractivity contribution in [2.24, 2.45) is 0 Å². The minimum atomic E-state index is 0.0275. The van der Waals surface area contributed by atoms with Crippen LogP contribution in [0.2, 0.25) is 0 Å². The fourth-order valence-electron chi connectivity index (χ4n) is 4.89. The smallest absolute Gasteiger partial charge is 0.256 e. The summed E-state index contributed by atoms with van der Waals surface area (Å²) in [6, 6.07) is 12.1. The van der Waals surface area contributed by atoms with Gasteiger partial charge in [-0.05, 0) is 49.4 Å². The zero-order valence-electron chi connectivity index (χ0n) is 17.3. The molecule has 1 aliphatic carbocycles. The summed E-state index contributed by atoms with van der Waals surface area (Å²) in [4.78, 5) is 34.8. The molecule has 2 amide bonds. The molecule has 1 aromatic carbocycles. The van der Waals surface area contributed by atoms with Gasteiger partial charge in [0.25, 0.3) is 5.91 Å². The van der Waals surface area contributed by atoms with Crippen LogP contribution in [0.4, 0.5) is 0 Å². The van der Waals surface area contributed by atoms with Crippen LogP contribution >= 0.6 is 11.8 Å². The van der Waals surface area contributed by atoms with Crippen molar-refractivity contribution in [2.45, 2.75) is 38.0 Å². The number of carbonyl (C=O) groups is 2. The van der Waals surface area contributed by atoms with Crippen LogP contribution in [0.25, 0.3) is 0 Å². The SMILES string of the molecule is Cc1ccc(C(=O)N2CCSC2)c(C2CCN(C(=O)C3Cc4ccccc43)CC2)n1. The van der Waals surface area contributed by atoms with E-state index in [0.29, 0.717) is 0 Å². The van der Waals surface area contributed by atoms with Gasteiger partial charge in [0.15, 0.2) is 0 Å². The molecule has 1 aromatic heterocycles. The topological polar surface area (TPSA) is 53.5 Å². The highest BCUT2D eigenvalue weighted by atomic mass is 32.2. The van der Waals surface area contributed by atoms with E-state index < -0.39 is 0 Å². The van der Waals surface area contributed by atoms with Crippen LogP contribution in [0, 0.1) is 6.92 Å². The van der Waals surface area contributed by atoms with Crippen molar-refractivity contribution in [3.05, 3.63) is 64.5 Å². The molecule has 2 saturated heterocycles. The fourth-order valence-corrected chi connectivity index (χ4v) is 5.83. The molecule has 1 unspecified atom stereocenters. The number of thioether (sulfide) groups is 1. The summed E-state index contributed by atoms with van der Waals surface area (Å²) in [7, 11) is 0. The Kier molecular flexibility index (Phi) is 5.27. The number of rotatable bonds is 3. The van der Waals surface area contributed by atoms with Gasteiger partial charge in [-0.15, -0.1) is 11.8 Å². The van der Waals surface area contributed by atoms with Gasteiger partial charge in [-0.1, -0.05) is 24.3 Å². The molecule has 3 aliphatic rings. The van der Waals surface area contributed by atoms with Gasteiger partial charge in [-0.2, -0.15) is 0 Å². The second kappa shape index (κ2) is 8.06. The summed E-state index contributed by atoms with van der Waals surface area (Å²) in [6.07, 6.45) is 2.60. The van der Waals surface area contributed by atoms with E-state index in [4.69, 9.17) is 4.98 Å². The number of hydrogen-bond acceptors (Lipinski definition) is 4. The summed E-state index contributed by atoms with van der Waals surface area (Å²) in [5.74, 6) is 2.39. The fraction of sp³-hybridized carbons (Fsp3) is 0.458. The molecule has 0 bridgehead atoms. The van der Waals surface area contributed by atoms with Gasteiger partial charge in [0.05, 0.1) is 23.1 Å². The van der Waals surface area contributed by atoms with Gasteiger partial charge in [-0.25, -0.2) is 0 Å². The van der Waals surface area contributed by atoms with Crippen LogP contribution in [0.15, 0.2) is 36.4 Å². The van der Waals surface area contributed by atoms with Crippen LogP contribution in [0.3, 0.4) is 0 Å². The third kappa shape index (κ3) is 3.51. The third-order valence-corrected chi connectivity index (χ3v) is 7.65. The molecule has 1 atom stereocenters. The molecule has 2 aliphatic heterocycles. The zero-order valence-corrected chi connectivity index (χ0v) is 18.2. The number of aryl methyl sites for hydroxylation is 1. The standard InChI is InChI=1S/C24H27N3O2S/c1-16-6-7-20(23(28)27-12-13-30-15-27)22(25-16)17-8-10-26(11-9-17)24(29)21-14-18-4-2-3-5-19(18)21/h2-7,17,21H,8-15H2,1H3. The molecule has 5 nitrogen and oxygen atoms in total. The van der Waals surface area contributed by atoms with E-state index in [1.54, 1.807) is 11.8 Å². The lowest BCUT2D eigenvalue weighted by Crippen LogP contribution is -2.43. The second-order valence-electron chi connectivity index (χ2n) is 8.55. The maximum atomic E-state index is 13.1. The van der Waals surface area contributed by atoms with Gasteiger partial charge in [0.2, 0.25) is 5.91 Å². The molecule has 2 fully saturated rings.